The molecule has 1 saturated heterocycles. The van der Waals surface area contributed by atoms with Crippen LogP contribution in [0.25, 0.3) is 0 Å². The Balaban J connectivity index is 1.41. The second-order valence-electron chi connectivity index (χ2n) is 6.29. The molecule has 1 saturated carbocycles. The SMILES string of the molecule is CCOc1cccc(N2CCN(c3ccnc(C4CC4)n3)CC2)n1. The zero-order chi connectivity index (χ0) is 16.4. The van der Waals surface area contributed by atoms with Crippen molar-refractivity contribution in [3.05, 3.63) is 36.3 Å². The van der Waals surface area contributed by atoms with E-state index in [1.165, 1.54) is 12.8 Å². The van der Waals surface area contributed by atoms with E-state index in [4.69, 9.17) is 9.72 Å². The molecule has 0 amide bonds. The zero-order valence-corrected chi connectivity index (χ0v) is 14.1. The summed E-state index contributed by atoms with van der Waals surface area (Å²) in [6.07, 6.45) is 4.37. The van der Waals surface area contributed by atoms with Crippen LogP contribution in [0, 0.1) is 0 Å². The lowest BCUT2D eigenvalue weighted by Crippen LogP contribution is -2.47. The molecule has 6 nitrogen and oxygen atoms in total. The highest BCUT2D eigenvalue weighted by Gasteiger charge is 2.27. The fraction of sp³-hybridized carbons (Fsp3) is 0.500. The van der Waals surface area contributed by atoms with E-state index in [0.717, 1.165) is 43.6 Å². The maximum Gasteiger partial charge on any atom is 0.215 e. The molecule has 0 aromatic carbocycles. The number of anilines is 2. The molecule has 0 spiro atoms. The van der Waals surface area contributed by atoms with E-state index in [2.05, 4.69) is 19.8 Å². The first kappa shape index (κ1) is 15.2. The highest BCUT2D eigenvalue weighted by Crippen LogP contribution is 2.38. The van der Waals surface area contributed by atoms with E-state index in [-0.39, 0.29) is 0 Å². The minimum absolute atomic E-state index is 0.594. The topological polar surface area (TPSA) is 54.4 Å². The summed E-state index contributed by atoms with van der Waals surface area (Å²) >= 11 is 0. The molecular weight excluding hydrogens is 302 g/mol. The lowest BCUT2D eigenvalue weighted by Gasteiger charge is -2.36. The number of piperazine rings is 1. The Kier molecular flexibility index (Phi) is 4.19. The first-order valence-corrected chi connectivity index (χ1v) is 8.76. The molecule has 1 aliphatic carbocycles. The minimum atomic E-state index is 0.594. The molecular formula is C18H23N5O. The van der Waals surface area contributed by atoms with Crippen molar-refractivity contribution in [2.75, 3.05) is 42.6 Å². The molecule has 24 heavy (non-hydrogen) atoms. The lowest BCUT2D eigenvalue weighted by atomic mass is 10.3. The van der Waals surface area contributed by atoms with E-state index in [9.17, 15) is 0 Å². The molecule has 6 heteroatoms. The fourth-order valence-electron chi connectivity index (χ4n) is 3.05. The van der Waals surface area contributed by atoms with Crippen LogP contribution in [0.3, 0.4) is 0 Å². The van der Waals surface area contributed by atoms with E-state index in [1.807, 2.05) is 37.4 Å². The Bertz CT molecular complexity index is 695. The summed E-state index contributed by atoms with van der Waals surface area (Å²) in [6.45, 7) is 6.38. The van der Waals surface area contributed by atoms with Gasteiger partial charge in [-0.2, -0.15) is 4.98 Å². The van der Waals surface area contributed by atoms with Crippen LogP contribution in [-0.2, 0) is 0 Å². The van der Waals surface area contributed by atoms with Crippen molar-refractivity contribution in [2.45, 2.75) is 25.7 Å². The normalized spacial score (nSPS) is 17.9. The van der Waals surface area contributed by atoms with Gasteiger partial charge in [-0.3, -0.25) is 0 Å². The second-order valence-corrected chi connectivity index (χ2v) is 6.29. The second kappa shape index (κ2) is 6.63. The van der Waals surface area contributed by atoms with E-state index in [0.29, 0.717) is 18.4 Å². The molecule has 0 unspecified atom stereocenters. The van der Waals surface area contributed by atoms with Gasteiger partial charge in [-0.1, -0.05) is 6.07 Å². The number of hydrogen-bond acceptors (Lipinski definition) is 6. The van der Waals surface area contributed by atoms with Crippen molar-refractivity contribution in [1.82, 2.24) is 15.0 Å². The molecule has 0 bridgehead atoms. The molecule has 2 fully saturated rings. The Morgan fingerprint density at radius 3 is 2.38 bits per heavy atom. The van der Waals surface area contributed by atoms with Gasteiger partial charge in [-0.15, -0.1) is 0 Å². The molecule has 2 aliphatic rings. The number of hydrogen-bond donors (Lipinski definition) is 0. The molecule has 2 aromatic rings. The molecule has 0 N–H and O–H groups in total. The molecule has 2 aromatic heterocycles. The van der Waals surface area contributed by atoms with Crippen molar-refractivity contribution >= 4 is 11.6 Å². The molecule has 4 rings (SSSR count). The molecule has 0 radical (unpaired) electrons. The van der Waals surface area contributed by atoms with E-state index in [1.54, 1.807) is 0 Å². The quantitative estimate of drug-likeness (QED) is 0.842. The summed E-state index contributed by atoms with van der Waals surface area (Å²) in [5, 5.41) is 0. The Morgan fingerprint density at radius 1 is 1.00 bits per heavy atom. The van der Waals surface area contributed by atoms with Crippen LogP contribution in [0.1, 0.15) is 31.5 Å². The van der Waals surface area contributed by atoms with Crippen LogP contribution in [-0.4, -0.2) is 47.7 Å². The standard InChI is InChI=1S/C18H23N5O/c1-2-24-17-5-3-4-15(20-17)22-10-12-23(13-11-22)16-8-9-19-18(21-16)14-6-7-14/h3-5,8-9,14H,2,6-7,10-13H2,1H3. The van der Waals surface area contributed by atoms with Crippen molar-refractivity contribution in [2.24, 2.45) is 0 Å². The predicted octanol–water partition coefficient (Wildman–Crippen LogP) is 2.47. The number of aromatic nitrogens is 3. The summed E-state index contributed by atoms with van der Waals surface area (Å²) in [6, 6.07) is 7.99. The smallest absolute Gasteiger partial charge is 0.215 e. The van der Waals surface area contributed by atoms with Gasteiger partial charge in [-0.25, -0.2) is 9.97 Å². The van der Waals surface area contributed by atoms with Crippen LogP contribution in [0.15, 0.2) is 30.5 Å². The van der Waals surface area contributed by atoms with Crippen LogP contribution < -0.4 is 14.5 Å². The van der Waals surface area contributed by atoms with Gasteiger partial charge in [0.05, 0.1) is 6.61 Å². The van der Waals surface area contributed by atoms with Crippen molar-refractivity contribution < 1.29 is 4.74 Å². The zero-order valence-electron chi connectivity index (χ0n) is 14.1. The summed E-state index contributed by atoms with van der Waals surface area (Å²) in [5.74, 6) is 4.35. The van der Waals surface area contributed by atoms with Gasteiger partial charge >= 0.3 is 0 Å². The van der Waals surface area contributed by atoms with Gasteiger partial charge in [0.2, 0.25) is 5.88 Å². The maximum absolute atomic E-state index is 5.50. The number of rotatable bonds is 5. The van der Waals surface area contributed by atoms with Crippen LogP contribution in [0.5, 0.6) is 5.88 Å². The Morgan fingerprint density at radius 2 is 1.71 bits per heavy atom. The average molecular weight is 325 g/mol. The lowest BCUT2D eigenvalue weighted by molar-refractivity contribution is 0.327. The predicted molar refractivity (Wildman–Crippen MR) is 93.8 cm³/mol. The van der Waals surface area contributed by atoms with Gasteiger partial charge in [0.25, 0.3) is 0 Å². The van der Waals surface area contributed by atoms with Gasteiger partial charge in [0.1, 0.15) is 17.5 Å². The molecule has 3 heterocycles. The third kappa shape index (κ3) is 3.27. The summed E-state index contributed by atoms with van der Waals surface area (Å²) in [7, 11) is 0. The van der Waals surface area contributed by atoms with Gasteiger partial charge in [-0.05, 0) is 31.9 Å². The Labute approximate surface area is 142 Å². The van der Waals surface area contributed by atoms with Gasteiger partial charge < -0.3 is 14.5 Å². The molecule has 0 atom stereocenters. The van der Waals surface area contributed by atoms with Gasteiger partial charge in [0, 0.05) is 44.4 Å². The largest absolute Gasteiger partial charge is 0.478 e. The van der Waals surface area contributed by atoms with Gasteiger partial charge in [0.15, 0.2) is 0 Å². The monoisotopic (exact) mass is 325 g/mol. The third-order valence-electron chi connectivity index (χ3n) is 4.53. The third-order valence-corrected chi connectivity index (χ3v) is 4.53. The highest BCUT2D eigenvalue weighted by atomic mass is 16.5. The van der Waals surface area contributed by atoms with Crippen molar-refractivity contribution in [3.8, 4) is 5.88 Å². The maximum atomic E-state index is 5.50. The first-order valence-electron chi connectivity index (χ1n) is 8.76. The molecule has 126 valence electrons. The van der Waals surface area contributed by atoms with E-state index < -0.39 is 0 Å². The average Bonchev–Trinajstić information content (AvgIpc) is 3.48. The molecule has 1 aliphatic heterocycles. The summed E-state index contributed by atoms with van der Waals surface area (Å²) in [4.78, 5) is 18.4. The van der Waals surface area contributed by atoms with Crippen molar-refractivity contribution in [3.63, 3.8) is 0 Å². The van der Waals surface area contributed by atoms with E-state index >= 15 is 0 Å². The fourth-order valence-corrected chi connectivity index (χ4v) is 3.05. The van der Waals surface area contributed by atoms with Crippen LogP contribution in [0.4, 0.5) is 11.6 Å². The number of ether oxygens (including phenoxy) is 1. The number of nitrogens with zero attached hydrogens (tertiary/aromatic N) is 5. The first-order chi connectivity index (χ1) is 11.8. The van der Waals surface area contributed by atoms with Crippen LogP contribution in [0.2, 0.25) is 0 Å². The summed E-state index contributed by atoms with van der Waals surface area (Å²) < 4.78 is 5.50. The highest BCUT2D eigenvalue weighted by molar-refractivity contribution is 5.45. The Hall–Kier alpha value is -2.37. The summed E-state index contributed by atoms with van der Waals surface area (Å²) in [5.41, 5.74) is 0. The van der Waals surface area contributed by atoms with Crippen LogP contribution >= 0.6 is 0 Å². The number of pyridine rings is 1. The van der Waals surface area contributed by atoms with Crippen molar-refractivity contribution in [1.29, 1.82) is 0 Å². The minimum Gasteiger partial charge on any atom is -0.478 e.